The SMILES string of the molecule is COC(=O)C[C@H]1[C@@H]2C3c4ccccc4C([C@H](C)c4ccccc4)(c4ccccc43)[C@@H]2C(=O)N1C. The second-order valence-corrected chi connectivity index (χ2v) is 10.0. The lowest BCUT2D eigenvalue weighted by atomic mass is 9.43. The van der Waals surface area contributed by atoms with Crippen molar-refractivity contribution in [3.8, 4) is 0 Å². The molecule has 7 rings (SSSR count). The minimum atomic E-state index is -0.510. The van der Waals surface area contributed by atoms with Crippen molar-refractivity contribution in [2.75, 3.05) is 14.2 Å². The first-order valence-electron chi connectivity index (χ1n) is 12.1. The molecular formula is C30H29NO3. The molecule has 1 amide bonds. The molecule has 1 aliphatic heterocycles. The van der Waals surface area contributed by atoms with Crippen molar-refractivity contribution in [2.45, 2.75) is 36.6 Å². The Morgan fingerprint density at radius 2 is 1.50 bits per heavy atom. The number of amides is 1. The zero-order chi connectivity index (χ0) is 23.6. The second-order valence-electron chi connectivity index (χ2n) is 10.0. The average Bonchev–Trinajstić information content (AvgIpc) is 3.14. The predicted molar refractivity (Wildman–Crippen MR) is 131 cm³/mol. The van der Waals surface area contributed by atoms with Crippen LogP contribution in [0.25, 0.3) is 0 Å². The smallest absolute Gasteiger partial charge is 0.307 e. The molecule has 4 nitrogen and oxygen atoms in total. The van der Waals surface area contributed by atoms with E-state index in [-0.39, 0.29) is 48.0 Å². The van der Waals surface area contributed by atoms with Crippen LogP contribution in [0.1, 0.15) is 53.0 Å². The fourth-order valence-electron chi connectivity index (χ4n) is 7.56. The molecule has 3 aromatic carbocycles. The third-order valence-electron chi connectivity index (χ3n) is 8.88. The Kier molecular flexibility index (Phi) is 4.70. The van der Waals surface area contributed by atoms with E-state index in [1.54, 1.807) is 0 Å². The van der Waals surface area contributed by atoms with Gasteiger partial charge in [-0.1, -0.05) is 85.8 Å². The summed E-state index contributed by atoms with van der Waals surface area (Å²) in [6.07, 6.45) is 0.219. The van der Waals surface area contributed by atoms with E-state index < -0.39 is 5.41 Å². The molecule has 172 valence electrons. The lowest BCUT2D eigenvalue weighted by Crippen LogP contribution is -2.56. The Hall–Kier alpha value is -3.40. The summed E-state index contributed by atoms with van der Waals surface area (Å²) in [5.41, 5.74) is 5.82. The summed E-state index contributed by atoms with van der Waals surface area (Å²) in [6.45, 7) is 2.27. The van der Waals surface area contributed by atoms with Crippen molar-refractivity contribution in [1.29, 1.82) is 0 Å². The molecule has 34 heavy (non-hydrogen) atoms. The van der Waals surface area contributed by atoms with Crippen LogP contribution in [0.3, 0.4) is 0 Å². The highest BCUT2D eigenvalue weighted by molar-refractivity contribution is 5.89. The molecular weight excluding hydrogens is 422 g/mol. The first-order valence-corrected chi connectivity index (χ1v) is 12.1. The van der Waals surface area contributed by atoms with Crippen LogP contribution in [-0.2, 0) is 19.7 Å². The van der Waals surface area contributed by atoms with E-state index in [0.717, 1.165) is 0 Å². The molecule has 1 heterocycles. The van der Waals surface area contributed by atoms with Crippen molar-refractivity contribution in [3.05, 3.63) is 107 Å². The van der Waals surface area contributed by atoms with E-state index in [9.17, 15) is 9.59 Å². The Morgan fingerprint density at radius 3 is 2.09 bits per heavy atom. The monoisotopic (exact) mass is 451 g/mol. The number of benzene rings is 3. The molecule has 4 atom stereocenters. The highest BCUT2D eigenvalue weighted by atomic mass is 16.5. The largest absolute Gasteiger partial charge is 0.469 e. The molecule has 2 bridgehead atoms. The number of carbonyl (C=O) groups excluding carboxylic acids is 2. The fourth-order valence-corrected chi connectivity index (χ4v) is 7.56. The molecule has 0 saturated carbocycles. The van der Waals surface area contributed by atoms with Crippen LogP contribution in [0.15, 0.2) is 78.9 Å². The first kappa shape index (κ1) is 21.2. The highest BCUT2D eigenvalue weighted by Gasteiger charge is 2.68. The molecule has 0 aromatic heterocycles. The number of nitrogens with zero attached hydrogens (tertiary/aromatic N) is 1. The van der Waals surface area contributed by atoms with E-state index in [1.807, 2.05) is 18.0 Å². The average molecular weight is 452 g/mol. The Bertz CT molecular complexity index is 1240. The van der Waals surface area contributed by atoms with Crippen LogP contribution < -0.4 is 0 Å². The number of carbonyl (C=O) groups is 2. The summed E-state index contributed by atoms with van der Waals surface area (Å²) >= 11 is 0. The fraction of sp³-hybridized carbons (Fsp3) is 0.333. The van der Waals surface area contributed by atoms with Gasteiger partial charge in [0.25, 0.3) is 0 Å². The number of rotatable bonds is 4. The Balaban J connectivity index is 1.68. The third kappa shape index (κ3) is 2.54. The lowest BCUT2D eigenvalue weighted by molar-refractivity contribution is -0.142. The van der Waals surface area contributed by atoms with Crippen LogP contribution >= 0.6 is 0 Å². The molecule has 3 aromatic rings. The van der Waals surface area contributed by atoms with Crippen molar-refractivity contribution >= 4 is 11.9 Å². The van der Waals surface area contributed by atoms with Crippen molar-refractivity contribution in [1.82, 2.24) is 4.90 Å². The van der Waals surface area contributed by atoms with E-state index in [4.69, 9.17) is 4.74 Å². The van der Waals surface area contributed by atoms with Gasteiger partial charge in [0.15, 0.2) is 0 Å². The van der Waals surface area contributed by atoms with Gasteiger partial charge in [-0.15, -0.1) is 0 Å². The molecule has 3 aliphatic carbocycles. The second kappa shape index (κ2) is 7.56. The third-order valence-corrected chi connectivity index (χ3v) is 8.88. The molecule has 1 fully saturated rings. The lowest BCUT2D eigenvalue weighted by Gasteiger charge is -2.58. The summed E-state index contributed by atoms with van der Waals surface area (Å²) in [4.78, 5) is 28.4. The summed E-state index contributed by atoms with van der Waals surface area (Å²) in [5, 5.41) is 0. The van der Waals surface area contributed by atoms with Crippen LogP contribution in [-0.4, -0.2) is 37.0 Å². The molecule has 4 heteroatoms. The maximum absolute atomic E-state index is 14.1. The first-order chi connectivity index (χ1) is 16.5. The Morgan fingerprint density at radius 1 is 0.941 bits per heavy atom. The van der Waals surface area contributed by atoms with Gasteiger partial charge >= 0.3 is 5.97 Å². The summed E-state index contributed by atoms with van der Waals surface area (Å²) in [6, 6.07) is 27.7. The van der Waals surface area contributed by atoms with E-state index in [2.05, 4.69) is 79.7 Å². The number of hydrogen-bond donors (Lipinski definition) is 0. The van der Waals surface area contributed by atoms with Crippen LogP contribution in [0.4, 0.5) is 0 Å². The quantitative estimate of drug-likeness (QED) is 0.532. The van der Waals surface area contributed by atoms with Gasteiger partial charge in [-0.25, -0.2) is 0 Å². The zero-order valence-electron chi connectivity index (χ0n) is 19.8. The number of hydrogen-bond acceptors (Lipinski definition) is 3. The minimum absolute atomic E-state index is 0.00700. The molecule has 0 radical (unpaired) electrons. The number of likely N-dealkylation sites (tertiary alicyclic amines) is 1. The standard InChI is InChI=1S/C30H29NO3/c1-18(19-11-5-4-6-12-19)30-22-15-9-7-13-20(22)26(21-14-8-10-16-23(21)30)27-24(17-25(32)34-3)31(2)29(33)28(27)30/h4-16,18,24,26-28H,17H2,1-3H3/t18-,24+,26?,27-,28+,30?/m1/s1. The molecule has 1 saturated heterocycles. The molecule has 0 spiro atoms. The van der Waals surface area contributed by atoms with Crippen molar-refractivity contribution in [2.24, 2.45) is 11.8 Å². The number of methoxy groups -OCH3 is 1. The summed E-state index contributed by atoms with van der Waals surface area (Å²) in [7, 11) is 3.29. The molecule has 0 N–H and O–H groups in total. The van der Waals surface area contributed by atoms with Gasteiger partial charge in [0.05, 0.1) is 19.4 Å². The van der Waals surface area contributed by atoms with Crippen molar-refractivity contribution in [3.63, 3.8) is 0 Å². The normalized spacial score (nSPS) is 29.3. The number of esters is 1. The van der Waals surface area contributed by atoms with Crippen LogP contribution in [0.5, 0.6) is 0 Å². The van der Waals surface area contributed by atoms with Crippen LogP contribution in [0.2, 0.25) is 0 Å². The maximum Gasteiger partial charge on any atom is 0.307 e. The van der Waals surface area contributed by atoms with Gasteiger partial charge in [-0.2, -0.15) is 0 Å². The zero-order valence-corrected chi connectivity index (χ0v) is 19.8. The van der Waals surface area contributed by atoms with Gasteiger partial charge in [0.1, 0.15) is 0 Å². The van der Waals surface area contributed by atoms with E-state index in [0.29, 0.717) is 0 Å². The highest BCUT2D eigenvalue weighted by Crippen LogP contribution is 2.68. The van der Waals surface area contributed by atoms with E-state index >= 15 is 0 Å². The van der Waals surface area contributed by atoms with Gasteiger partial charge in [0.2, 0.25) is 5.91 Å². The van der Waals surface area contributed by atoms with Crippen molar-refractivity contribution < 1.29 is 14.3 Å². The maximum atomic E-state index is 14.1. The Labute approximate surface area is 200 Å². The predicted octanol–water partition coefficient (Wildman–Crippen LogP) is 4.87. The topological polar surface area (TPSA) is 46.6 Å². The van der Waals surface area contributed by atoms with Gasteiger partial charge in [-0.3, -0.25) is 9.59 Å². The molecule has 0 unspecified atom stereocenters. The summed E-state index contributed by atoms with van der Waals surface area (Å²) in [5.74, 6) is -0.219. The van der Waals surface area contributed by atoms with Gasteiger partial charge in [-0.05, 0) is 33.7 Å². The summed E-state index contributed by atoms with van der Waals surface area (Å²) < 4.78 is 5.06. The van der Waals surface area contributed by atoms with E-state index in [1.165, 1.54) is 34.9 Å². The molecule has 4 aliphatic rings. The minimum Gasteiger partial charge on any atom is -0.469 e. The van der Waals surface area contributed by atoms with Gasteiger partial charge in [0, 0.05) is 30.3 Å². The number of ether oxygens (including phenoxy) is 1. The van der Waals surface area contributed by atoms with Crippen LogP contribution in [0, 0.1) is 11.8 Å². The van der Waals surface area contributed by atoms with Gasteiger partial charge < -0.3 is 9.64 Å².